The van der Waals surface area contributed by atoms with Crippen molar-refractivity contribution < 1.29 is 13.9 Å². The number of nitrogens with zero attached hydrogens (tertiary/aromatic N) is 5. The maximum atomic E-state index is 15.0. The molecule has 2 fully saturated rings. The summed E-state index contributed by atoms with van der Waals surface area (Å²) in [6.45, 7) is 5.98. The number of carbonyl (C=O) groups excluding carboxylic acids is 1. The minimum Gasteiger partial charge on any atom is -0.453 e. The van der Waals surface area contributed by atoms with Crippen LogP contribution in [0.2, 0.25) is 0 Å². The third-order valence-corrected chi connectivity index (χ3v) is 9.47. The van der Waals surface area contributed by atoms with Crippen LogP contribution < -0.4 is 4.74 Å². The summed E-state index contributed by atoms with van der Waals surface area (Å²) in [5.74, 6) is 0.896. The number of piperazine rings is 1. The molecule has 7 rings (SSSR count). The Morgan fingerprint density at radius 3 is 2.30 bits per heavy atom. The fourth-order valence-corrected chi connectivity index (χ4v) is 6.74. The number of hydrogen-bond donors (Lipinski definition) is 0. The molecule has 9 heteroatoms. The number of pyridine rings is 3. The first-order chi connectivity index (χ1) is 21.6. The SMILES string of the molecule is O=C(Cc1ccc(Oc2ccnc3cc(-c4ccc(CN5CCN(Cc6ccncc6)CC5)cn4)sc23)c(F)c1)CC1CC1. The first-order valence-corrected chi connectivity index (χ1v) is 16.0. The Hall–Kier alpha value is -4.05. The molecule has 5 heterocycles. The van der Waals surface area contributed by atoms with Crippen LogP contribution in [0.4, 0.5) is 4.39 Å². The van der Waals surface area contributed by atoms with Gasteiger partial charge in [0.05, 0.1) is 20.8 Å². The molecule has 0 atom stereocenters. The highest BCUT2D eigenvalue weighted by atomic mass is 32.1. The molecule has 0 spiro atoms. The molecule has 1 saturated heterocycles. The number of thiophene rings is 1. The number of halogens is 1. The molecule has 44 heavy (non-hydrogen) atoms. The standard InChI is InChI=1S/C35H34FN5O2S/c36-29-19-26(18-28(42)17-24-1-2-24)4-6-32(29)43-33-9-12-38-31-20-34(44-35(31)33)30-5-3-27(21-39-30)23-41-15-13-40(14-16-41)22-25-7-10-37-11-8-25/h3-12,19-21,24H,1-2,13-18,22-23H2. The van der Waals surface area contributed by atoms with Gasteiger partial charge in [-0.2, -0.15) is 0 Å². The number of ether oxygens (including phenoxy) is 1. The second-order valence-corrected chi connectivity index (χ2v) is 12.9. The molecule has 2 aliphatic rings. The Kier molecular flexibility index (Phi) is 8.41. The average Bonchev–Trinajstić information content (AvgIpc) is 3.74. The van der Waals surface area contributed by atoms with Crippen LogP contribution in [-0.2, 0) is 24.3 Å². The number of Topliss-reactive ketones (excluding diaryl/α,β-unsaturated/α-hetero) is 1. The maximum Gasteiger partial charge on any atom is 0.166 e. The van der Waals surface area contributed by atoms with Gasteiger partial charge in [0.15, 0.2) is 11.6 Å². The lowest BCUT2D eigenvalue weighted by Gasteiger charge is -2.34. The Morgan fingerprint density at radius 1 is 0.841 bits per heavy atom. The Labute approximate surface area is 260 Å². The van der Waals surface area contributed by atoms with E-state index in [9.17, 15) is 9.18 Å². The largest absolute Gasteiger partial charge is 0.453 e. The van der Waals surface area contributed by atoms with Crippen LogP contribution in [0.3, 0.4) is 0 Å². The fourth-order valence-electron chi connectivity index (χ4n) is 5.69. The predicted molar refractivity (Wildman–Crippen MR) is 170 cm³/mol. The van der Waals surface area contributed by atoms with E-state index in [2.05, 4.69) is 44.0 Å². The number of fused-ring (bicyclic) bond motifs is 1. The smallest absolute Gasteiger partial charge is 0.166 e. The van der Waals surface area contributed by atoms with E-state index in [0.717, 1.165) is 72.9 Å². The molecule has 0 amide bonds. The van der Waals surface area contributed by atoms with Gasteiger partial charge < -0.3 is 4.74 Å². The van der Waals surface area contributed by atoms with Crippen LogP contribution in [0, 0.1) is 11.7 Å². The predicted octanol–water partition coefficient (Wildman–Crippen LogP) is 6.91. The van der Waals surface area contributed by atoms with Gasteiger partial charge in [0, 0.05) is 83.0 Å². The molecule has 224 valence electrons. The van der Waals surface area contributed by atoms with Crippen LogP contribution in [0.25, 0.3) is 20.8 Å². The Bertz CT molecular complexity index is 1750. The van der Waals surface area contributed by atoms with Crippen molar-refractivity contribution in [3.05, 3.63) is 102 Å². The van der Waals surface area contributed by atoms with Crippen LogP contribution in [0.1, 0.15) is 36.0 Å². The summed E-state index contributed by atoms with van der Waals surface area (Å²) in [5, 5.41) is 0. The summed E-state index contributed by atoms with van der Waals surface area (Å²) in [7, 11) is 0. The molecular weight excluding hydrogens is 573 g/mol. The van der Waals surface area contributed by atoms with Crippen molar-refractivity contribution in [1.29, 1.82) is 0 Å². The molecule has 1 aromatic carbocycles. The van der Waals surface area contributed by atoms with Crippen LogP contribution in [0.5, 0.6) is 11.5 Å². The van der Waals surface area contributed by atoms with Crippen molar-refractivity contribution in [2.45, 2.75) is 38.8 Å². The molecule has 1 aliphatic carbocycles. The van der Waals surface area contributed by atoms with Crippen molar-refractivity contribution in [3.63, 3.8) is 0 Å². The van der Waals surface area contributed by atoms with Crippen LogP contribution in [-0.4, -0.2) is 56.7 Å². The van der Waals surface area contributed by atoms with Crippen molar-refractivity contribution in [2.75, 3.05) is 26.2 Å². The number of hydrogen-bond acceptors (Lipinski definition) is 8. The molecule has 5 aromatic rings. The van der Waals surface area contributed by atoms with Gasteiger partial charge >= 0.3 is 0 Å². The van der Waals surface area contributed by atoms with Crippen LogP contribution >= 0.6 is 11.3 Å². The van der Waals surface area contributed by atoms with Gasteiger partial charge in [-0.1, -0.05) is 12.1 Å². The van der Waals surface area contributed by atoms with Crippen molar-refractivity contribution in [1.82, 2.24) is 24.8 Å². The van der Waals surface area contributed by atoms with Gasteiger partial charge in [-0.05, 0) is 71.8 Å². The normalized spacial score (nSPS) is 15.9. The van der Waals surface area contributed by atoms with Gasteiger partial charge in [0.2, 0.25) is 0 Å². The van der Waals surface area contributed by atoms with Crippen LogP contribution in [0.15, 0.2) is 79.4 Å². The van der Waals surface area contributed by atoms with Crippen molar-refractivity contribution >= 4 is 27.3 Å². The minimum absolute atomic E-state index is 0.131. The third kappa shape index (κ3) is 7.01. The highest BCUT2D eigenvalue weighted by molar-refractivity contribution is 7.22. The lowest BCUT2D eigenvalue weighted by atomic mass is 10.0. The van der Waals surface area contributed by atoms with E-state index in [-0.39, 0.29) is 18.0 Å². The van der Waals surface area contributed by atoms with Gasteiger partial charge in [-0.3, -0.25) is 29.5 Å². The number of rotatable bonds is 11. The molecule has 4 aromatic heterocycles. The zero-order valence-electron chi connectivity index (χ0n) is 24.5. The zero-order chi connectivity index (χ0) is 29.9. The topological polar surface area (TPSA) is 71.5 Å². The van der Waals surface area contributed by atoms with E-state index in [1.807, 2.05) is 24.7 Å². The quantitative estimate of drug-likeness (QED) is 0.162. The Balaban J connectivity index is 0.977. The van der Waals surface area contributed by atoms with Gasteiger partial charge in [0.25, 0.3) is 0 Å². The minimum atomic E-state index is -0.476. The molecular formula is C35H34FN5O2S. The third-order valence-electron chi connectivity index (χ3n) is 8.31. The fraction of sp³-hybridized carbons (Fsp3) is 0.314. The number of carbonyl (C=O) groups is 1. The second-order valence-electron chi connectivity index (χ2n) is 11.8. The lowest BCUT2D eigenvalue weighted by Crippen LogP contribution is -2.45. The van der Waals surface area contributed by atoms with E-state index in [1.165, 1.54) is 28.5 Å². The van der Waals surface area contributed by atoms with E-state index < -0.39 is 5.82 Å². The highest BCUT2D eigenvalue weighted by Gasteiger charge is 2.24. The Morgan fingerprint density at radius 2 is 1.59 bits per heavy atom. The van der Waals surface area contributed by atoms with E-state index >= 15 is 0 Å². The van der Waals surface area contributed by atoms with Crippen molar-refractivity contribution in [2.24, 2.45) is 5.92 Å². The summed E-state index contributed by atoms with van der Waals surface area (Å²) in [4.78, 5) is 31.6. The van der Waals surface area contributed by atoms with E-state index in [1.54, 1.807) is 24.4 Å². The number of benzene rings is 1. The number of ketones is 1. The molecule has 0 N–H and O–H groups in total. The summed E-state index contributed by atoms with van der Waals surface area (Å²) in [6.07, 6.45) is 10.5. The maximum absolute atomic E-state index is 15.0. The summed E-state index contributed by atoms with van der Waals surface area (Å²) < 4.78 is 21.8. The summed E-state index contributed by atoms with van der Waals surface area (Å²) in [5.41, 5.74) is 4.82. The van der Waals surface area contributed by atoms with Gasteiger partial charge in [0.1, 0.15) is 11.5 Å². The van der Waals surface area contributed by atoms with E-state index in [4.69, 9.17) is 9.72 Å². The lowest BCUT2D eigenvalue weighted by molar-refractivity contribution is -0.118. The zero-order valence-corrected chi connectivity index (χ0v) is 25.3. The first kappa shape index (κ1) is 28.7. The molecule has 0 radical (unpaired) electrons. The monoisotopic (exact) mass is 607 g/mol. The van der Waals surface area contributed by atoms with Gasteiger partial charge in [-0.15, -0.1) is 11.3 Å². The summed E-state index contributed by atoms with van der Waals surface area (Å²) in [6, 6.07) is 16.9. The molecule has 1 saturated carbocycles. The first-order valence-electron chi connectivity index (χ1n) is 15.2. The van der Waals surface area contributed by atoms with E-state index in [0.29, 0.717) is 23.7 Å². The van der Waals surface area contributed by atoms with Crippen molar-refractivity contribution in [3.8, 4) is 22.1 Å². The molecule has 0 unspecified atom stereocenters. The molecule has 7 nitrogen and oxygen atoms in total. The summed E-state index contributed by atoms with van der Waals surface area (Å²) >= 11 is 1.53. The highest BCUT2D eigenvalue weighted by Crippen LogP contribution is 2.39. The average molecular weight is 608 g/mol. The molecule has 1 aliphatic heterocycles. The van der Waals surface area contributed by atoms with Gasteiger partial charge in [-0.25, -0.2) is 4.39 Å². The number of aromatic nitrogens is 3. The molecule has 0 bridgehead atoms. The second kappa shape index (κ2) is 12.9.